The number of fused-ring (bicyclic) bond motifs is 1. The van der Waals surface area contributed by atoms with Crippen LogP contribution in [0.25, 0.3) is 5.65 Å². The molecule has 0 bridgehead atoms. The Morgan fingerprint density at radius 3 is 2.46 bits per heavy atom. The molecule has 1 amide bonds. The number of likely N-dealkylation sites (N-methyl/N-ethyl adjacent to an activating group) is 1. The van der Waals surface area contributed by atoms with Gasteiger partial charge in [0.25, 0.3) is 5.56 Å². The molecule has 2 aromatic heterocycles. The molecule has 146 valence electrons. The fraction of sp³-hybridized carbons (Fsp3) is 0.318. The Morgan fingerprint density at radius 1 is 1.11 bits per heavy atom. The van der Waals surface area contributed by atoms with E-state index in [0.29, 0.717) is 17.9 Å². The number of aryl methyl sites for hydroxylation is 4. The number of benzene rings is 1. The first kappa shape index (κ1) is 19.8. The highest BCUT2D eigenvalue weighted by Gasteiger charge is 2.12. The minimum Gasteiger partial charge on any atom is -0.324 e. The number of carbonyl (C=O) groups excluding carboxylic acids is 1. The van der Waals surface area contributed by atoms with E-state index >= 15 is 0 Å². The van der Waals surface area contributed by atoms with Crippen LogP contribution in [0.4, 0.5) is 5.69 Å². The lowest BCUT2D eigenvalue weighted by Crippen LogP contribution is -2.31. The van der Waals surface area contributed by atoms with Gasteiger partial charge >= 0.3 is 0 Å². The number of pyridine rings is 1. The molecule has 0 atom stereocenters. The smallest absolute Gasteiger partial charge is 0.258 e. The van der Waals surface area contributed by atoms with Gasteiger partial charge in [0.1, 0.15) is 5.65 Å². The number of nitrogens with zero attached hydrogens (tertiary/aromatic N) is 3. The SMILES string of the molecule is Cc1cc(C)c(NC(=O)CN(C)Cc2cc(=O)n3c(C)cccc3n2)c(C)c1. The van der Waals surface area contributed by atoms with E-state index in [0.717, 1.165) is 22.5 Å². The lowest BCUT2D eigenvalue weighted by Gasteiger charge is -2.18. The molecule has 3 aromatic rings. The van der Waals surface area contributed by atoms with E-state index in [1.165, 1.54) is 11.6 Å². The highest BCUT2D eigenvalue weighted by molar-refractivity contribution is 5.93. The molecule has 28 heavy (non-hydrogen) atoms. The summed E-state index contributed by atoms with van der Waals surface area (Å²) < 4.78 is 1.58. The van der Waals surface area contributed by atoms with Gasteiger partial charge in [0.05, 0.1) is 12.2 Å². The first-order chi connectivity index (χ1) is 13.2. The first-order valence-electron chi connectivity index (χ1n) is 9.29. The minimum absolute atomic E-state index is 0.0918. The molecule has 3 rings (SSSR count). The van der Waals surface area contributed by atoms with Crippen molar-refractivity contribution in [2.24, 2.45) is 0 Å². The molecule has 0 saturated carbocycles. The lowest BCUT2D eigenvalue weighted by molar-refractivity contribution is -0.117. The first-order valence-corrected chi connectivity index (χ1v) is 9.29. The summed E-state index contributed by atoms with van der Waals surface area (Å²) in [6.07, 6.45) is 0. The van der Waals surface area contributed by atoms with Crippen molar-refractivity contribution in [3.05, 3.63) is 74.8 Å². The maximum absolute atomic E-state index is 12.5. The van der Waals surface area contributed by atoms with Crippen LogP contribution in [0, 0.1) is 27.7 Å². The van der Waals surface area contributed by atoms with Crippen molar-refractivity contribution in [2.75, 3.05) is 18.9 Å². The van der Waals surface area contributed by atoms with E-state index < -0.39 is 0 Å². The van der Waals surface area contributed by atoms with E-state index in [4.69, 9.17) is 0 Å². The fourth-order valence-corrected chi connectivity index (χ4v) is 3.58. The van der Waals surface area contributed by atoms with E-state index in [2.05, 4.69) is 22.4 Å². The van der Waals surface area contributed by atoms with Crippen LogP contribution < -0.4 is 10.9 Å². The zero-order valence-corrected chi connectivity index (χ0v) is 17.0. The van der Waals surface area contributed by atoms with Crippen molar-refractivity contribution < 1.29 is 4.79 Å². The maximum Gasteiger partial charge on any atom is 0.258 e. The summed E-state index contributed by atoms with van der Waals surface area (Å²) in [4.78, 5) is 31.3. The van der Waals surface area contributed by atoms with Crippen LogP contribution in [0.15, 0.2) is 41.2 Å². The summed E-state index contributed by atoms with van der Waals surface area (Å²) in [5.41, 5.74) is 6.14. The third kappa shape index (κ3) is 4.28. The summed E-state index contributed by atoms with van der Waals surface area (Å²) >= 11 is 0. The third-order valence-electron chi connectivity index (χ3n) is 4.72. The van der Waals surface area contributed by atoms with Crippen LogP contribution >= 0.6 is 0 Å². The van der Waals surface area contributed by atoms with Crippen LogP contribution in [0.2, 0.25) is 0 Å². The Labute approximate surface area is 164 Å². The second kappa shape index (κ2) is 7.94. The molecule has 6 heteroatoms. The number of anilines is 1. The Bertz CT molecular complexity index is 1080. The van der Waals surface area contributed by atoms with Crippen molar-refractivity contribution in [2.45, 2.75) is 34.2 Å². The normalized spacial score (nSPS) is 11.2. The standard InChI is InChI=1S/C22H26N4O2/c1-14-9-15(2)22(16(3)10-14)24-20(27)13-25(5)12-18-11-21(28)26-17(4)7-6-8-19(26)23-18/h6-11H,12-13H2,1-5H3,(H,24,27). The summed E-state index contributed by atoms with van der Waals surface area (Å²) in [5, 5.41) is 3.00. The second-order valence-electron chi connectivity index (χ2n) is 7.44. The van der Waals surface area contributed by atoms with Gasteiger partial charge in [-0.25, -0.2) is 4.98 Å². The predicted molar refractivity (Wildman–Crippen MR) is 112 cm³/mol. The molecule has 1 N–H and O–H groups in total. The maximum atomic E-state index is 12.5. The van der Waals surface area contributed by atoms with Gasteiger partial charge in [-0.15, -0.1) is 0 Å². The number of hydrogen-bond acceptors (Lipinski definition) is 4. The van der Waals surface area contributed by atoms with Crippen LogP contribution in [0.3, 0.4) is 0 Å². The molecule has 2 heterocycles. The van der Waals surface area contributed by atoms with Crippen molar-refractivity contribution >= 4 is 17.2 Å². The average Bonchev–Trinajstić information content (AvgIpc) is 2.57. The van der Waals surface area contributed by atoms with Crippen molar-refractivity contribution in [1.82, 2.24) is 14.3 Å². The van der Waals surface area contributed by atoms with Crippen LogP contribution in [-0.2, 0) is 11.3 Å². The zero-order valence-electron chi connectivity index (χ0n) is 17.0. The third-order valence-corrected chi connectivity index (χ3v) is 4.72. The molecule has 0 radical (unpaired) electrons. The van der Waals surface area contributed by atoms with Gasteiger partial charge in [0.15, 0.2) is 0 Å². The average molecular weight is 378 g/mol. The number of amides is 1. The molecule has 1 aromatic carbocycles. The molecule has 0 aliphatic carbocycles. The topological polar surface area (TPSA) is 66.7 Å². The summed E-state index contributed by atoms with van der Waals surface area (Å²) in [7, 11) is 1.84. The van der Waals surface area contributed by atoms with Gasteiger partial charge in [-0.05, 0) is 58.0 Å². The molecule has 0 saturated heterocycles. The van der Waals surface area contributed by atoms with Crippen LogP contribution in [-0.4, -0.2) is 33.8 Å². The molecule has 0 fully saturated rings. The Balaban J connectivity index is 1.71. The van der Waals surface area contributed by atoms with E-state index in [9.17, 15) is 9.59 Å². The van der Waals surface area contributed by atoms with Gasteiger partial charge in [-0.1, -0.05) is 23.8 Å². The molecule has 0 spiro atoms. The molecular formula is C22H26N4O2. The van der Waals surface area contributed by atoms with Gasteiger partial charge in [-0.2, -0.15) is 0 Å². The van der Waals surface area contributed by atoms with E-state index in [-0.39, 0.29) is 18.0 Å². The largest absolute Gasteiger partial charge is 0.324 e. The van der Waals surface area contributed by atoms with E-state index in [1.54, 1.807) is 4.40 Å². The van der Waals surface area contributed by atoms with Gasteiger partial charge < -0.3 is 5.32 Å². The quantitative estimate of drug-likeness (QED) is 0.741. The van der Waals surface area contributed by atoms with Crippen molar-refractivity contribution in [1.29, 1.82) is 0 Å². The van der Waals surface area contributed by atoms with Gasteiger partial charge in [0.2, 0.25) is 5.91 Å². The van der Waals surface area contributed by atoms with Crippen LogP contribution in [0.5, 0.6) is 0 Å². The summed E-state index contributed by atoms with van der Waals surface area (Å²) in [5.74, 6) is -0.0918. The minimum atomic E-state index is -0.109. The van der Waals surface area contributed by atoms with Gasteiger partial charge in [-0.3, -0.25) is 18.9 Å². The zero-order chi connectivity index (χ0) is 20.4. The molecule has 0 unspecified atom stereocenters. The van der Waals surface area contributed by atoms with Crippen molar-refractivity contribution in [3.8, 4) is 0 Å². The highest BCUT2D eigenvalue weighted by atomic mass is 16.2. The number of carbonyl (C=O) groups is 1. The number of aromatic nitrogens is 2. The number of nitrogens with one attached hydrogen (secondary N) is 1. The van der Waals surface area contributed by atoms with Crippen molar-refractivity contribution in [3.63, 3.8) is 0 Å². The Morgan fingerprint density at radius 2 is 1.79 bits per heavy atom. The predicted octanol–water partition coefficient (Wildman–Crippen LogP) is 3.00. The fourth-order valence-electron chi connectivity index (χ4n) is 3.58. The molecule has 6 nitrogen and oxygen atoms in total. The molecule has 0 aliphatic heterocycles. The lowest BCUT2D eigenvalue weighted by atomic mass is 10.1. The van der Waals surface area contributed by atoms with Crippen LogP contribution in [0.1, 0.15) is 28.1 Å². The monoisotopic (exact) mass is 378 g/mol. The number of hydrogen-bond donors (Lipinski definition) is 1. The Kier molecular flexibility index (Phi) is 5.61. The molecule has 0 aliphatic rings. The van der Waals surface area contributed by atoms with Gasteiger partial charge in [0, 0.05) is 24.0 Å². The second-order valence-corrected chi connectivity index (χ2v) is 7.44. The summed E-state index contributed by atoms with van der Waals surface area (Å²) in [6, 6.07) is 11.2. The number of rotatable bonds is 5. The Hall–Kier alpha value is -2.99. The highest BCUT2D eigenvalue weighted by Crippen LogP contribution is 2.21. The molecular weight excluding hydrogens is 352 g/mol. The summed E-state index contributed by atoms with van der Waals surface area (Å²) in [6.45, 7) is 8.53. The van der Waals surface area contributed by atoms with E-state index in [1.807, 2.05) is 57.8 Å².